The normalized spacial score (nSPS) is 18.1. The number of carbonyl (C=O) groups is 2. The Hall–Kier alpha value is -1.07. The lowest BCUT2D eigenvalue weighted by atomic mass is 10.2. The summed E-state index contributed by atoms with van der Waals surface area (Å²) in [5.41, 5.74) is 0. The van der Waals surface area contributed by atoms with Gasteiger partial charge in [-0.2, -0.15) is 13.2 Å². The monoisotopic (exact) mass is 167 g/mol. The van der Waals surface area contributed by atoms with Crippen LogP contribution in [0.3, 0.4) is 0 Å². The molecule has 1 heterocycles. The zero-order valence-corrected chi connectivity index (χ0v) is 5.31. The van der Waals surface area contributed by atoms with Crippen LogP contribution in [0, 0.1) is 0 Å². The second-order valence-electron chi connectivity index (χ2n) is 2.20. The van der Waals surface area contributed by atoms with E-state index in [9.17, 15) is 22.8 Å². The van der Waals surface area contributed by atoms with E-state index in [1.54, 1.807) is 0 Å². The van der Waals surface area contributed by atoms with Crippen LogP contribution < -0.4 is 0 Å². The number of ketones is 1. The van der Waals surface area contributed by atoms with Crippen LogP contribution in [0.1, 0.15) is 0 Å². The van der Waals surface area contributed by atoms with E-state index in [-0.39, 0.29) is 5.78 Å². The van der Waals surface area contributed by atoms with Gasteiger partial charge in [0.2, 0.25) is 0 Å². The number of hydrogen-bond acceptors (Lipinski definition) is 2. The Morgan fingerprint density at radius 1 is 1.36 bits per heavy atom. The summed E-state index contributed by atoms with van der Waals surface area (Å²) >= 11 is 0. The molecule has 0 radical (unpaired) electrons. The Bertz CT molecular complexity index is 202. The minimum Gasteiger partial charge on any atom is -0.320 e. The molecule has 0 aromatic carbocycles. The van der Waals surface area contributed by atoms with Gasteiger partial charge in [0.25, 0.3) is 0 Å². The maximum Gasteiger partial charge on any atom is 0.471 e. The lowest BCUT2D eigenvalue weighted by Crippen LogP contribution is -2.54. The molecule has 1 amide bonds. The Balaban J connectivity index is 2.51. The molecular formula is C5H4F3NO2. The molecule has 3 nitrogen and oxygen atoms in total. The van der Waals surface area contributed by atoms with Crippen molar-refractivity contribution >= 4 is 11.7 Å². The van der Waals surface area contributed by atoms with E-state index in [1.165, 1.54) is 0 Å². The molecule has 0 spiro atoms. The number of nitrogens with zero attached hydrogens (tertiary/aromatic N) is 1. The Labute approximate surface area is 59.8 Å². The average molecular weight is 167 g/mol. The first-order valence-electron chi connectivity index (χ1n) is 2.79. The maximum absolute atomic E-state index is 11.5. The zero-order valence-electron chi connectivity index (χ0n) is 5.31. The molecule has 0 saturated carbocycles. The molecule has 0 atom stereocenters. The number of hydrogen-bond donors (Lipinski definition) is 0. The van der Waals surface area contributed by atoms with Gasteiger partial charge in [0.15, 0.2) is 5.78 Å². The molecular weight excluding hydrogens is 163 g/mol. The van der Waals surface area contributed by atoms with Gasteiger partial charge in [-0.25, -0.2) is 0 Å². The van der Waals surface area contributed by atoms with Gasteiger partial charge in [-0.1, -0.05) is 0 Å². The molecule has 6 heteroatoms. The second-order valence-corrected chi connectivity index (χ2v) is 2.20. The lowest BCUT2D eigenvalue weighted by Gasteiger charge is -2.29. The Morgan fingerprint density at radius 2 is 1.82 bits per heavy atom. The minimum absolute atomic E-state index is 0.345. The molecule has 0 N–H and O–H groups in total. The first-order valence-corrected chi connectivity index (χ1v) is 2.79. The number of alkyl halides is 3. The van der Waals surface area contributed by atoms with Crippen LogP contribution in [0.25, 0.3) is 0 Å². The standard InChI is InChI=1S/C5H4F3NO2/c6-5(7,8)4(11)9-1-3(10)2-9/h1-2H2. The maximum atomic E-state index is 11.5. The van der Waals surface area contributed by atoms with E-state index in [0.29, 0.717) is 4.90 Å². The number of Topliss-reactive ketones (excluding diaryl/α,β-unsaturated/α-hetero) is 1. The summed E-state index contributed by atoms with van der Waals surface area (Å²) in [5, 5.41) is 0. The van der Waals surface area contributed by atoms with Crippen molar-refractivity contribution < 1.29 is 22.8 Å². The second kappa shape index (κ2) is 2.21. The van der Waals surface area contributed by atoms with Crippen molar-refractivity contribution in [2.24, 2.45) is 0 Å². The first-order chi connectivity index (χ1) is 4.91. The van der Waals surface area contributed by atoms with Gasteiger partial charge in [0, 0.05) is 0 Å². The summed E-state index contributed by atoms with van der Waals surface area (Å²) in [6, 6.07) is 0. The molecule has 0 aromatic rings. The summed E-state index contributed by atoms with van der Waals surface area (Å²) in [6.45, 7) is -0.809. The van der Waals surface area contributed by atoms with Gasteiger partial charge in [0.1, 0.15) is 0 Å². The average Bonchev–Trinajstić information content (AvgIpc) is 1.77. The van der Waals surface area contributed by atoms with Crippen molar-refractivity contribution in [1.29, 1.82) is 0 Å². The molecule has 62 valence electrons. The van der Waals surface area contributed by atoms with Crippen LogP contribution in [0.15, 0.2) is 0 Å². The summed E-state index contributed by atoms with van der Waals surface area (Å²) in [6.07, 6.45) is -4.85. The van der Waals surface area contributed by atoms with Gasteiger partial charge >= 0.3 is 12.1 Å². The largest absolute Gasteiger partial charge is 0.471 e. The van der Waals surface area contributed by atoms with Gasteiger partial charge < -0.3 is 4.90 Å². The highest BCUT2D eigenvalue weighted by molar-refractivity contribution is 5.97. The minimum atomic E-state index is -4.85. The van der Waals surface area contributed by atoms with Crippen LogP contribution in [0.4, 0.5) is 13.2 Å². The fraction of sp³-hybridized carbons (Fsp3) is 0.600. The first kappa shape index (κ1) is 8.03. The van der Waals surface area contributed by atoms with Crippen molar-refractivity contribution in [3.05, 3.63) is 0 Å². The van der Waals surface area contributed by atoms with Gasteiger partial charge in [-0.3, -0.25) is 9.59 Å². The fourth-order valence-electron chi connectivity index (χ4n) is 0.702. The third kappa shape index (κ3) is 1.50. The van der Waals surface area contributed by atoms with Crippen molar-refractivity contribution in [2.45, 2.75) is 6.18 Å². The molecule has 1 aliphatic heterocycles. The fourth-order valence-corrected chi connectivity index (χ4v) is 0.702. The summed E-state index contributed by atoms with van der Waals surface area (Å²) in [7, 11) is 0. The lowest BCUT2D eigenvalue weighted by molar-refractivity contribution is -0.189. The number of likely N-dealkylation sites (tertiary alicyclic amines) is 1. The van der Waals surface area contributed by atoms with Crippen LogP contribution in [0.2, 0.25) is 0 Å². The number of halogens is 3. The van der Waals surface area contributed by atoms with Crippen LogP contribution in [-0.2, 0) is 9.59 Å². The predicted octanol–water partition coefficient (Wildman–Crippen LogP) is -0.0400. The van der Waals surface area contributed by atoms with Crippen LogP contribution in [-0.4, -0.2) is 35.9 Å². The molecule has 0 bridgehead atoms. The molecule has 0 unspecified atom stereocenters. The topological polar surface area (TPSA) is 37.4 Å². The molecule has 11 heavy (non-hydrogen) atoms. The molecule has 0 aromatic heterocycles. The highest BCUT2D eigenvalue weighted by Gasteiger charge is 2.46. The van der Waals surface area contributed by atoms with E-state index >= 15 is 0 Å². The van der Waals surface area contributed by atoms with E-state index < -0.39 is 25.2 Å². The van der Waals surface area contributed by atoms with E-state index in [0.717, 1.165) is 0 Å². The van der Waals surface area contributed by atoms with Gasteiger partial charge in [-0.05, 0) is 0 Å². The number of amides is 1. The third-order valence-electron chi connectivity index (χ3n) is 1.26. The van der Waals surface area contributed by atoms with E-state index in [1.807, 2.05) is 0 Å². The third-order valence-corrected chi connectivity index (χ3v) is 1.26. The molecule has 1 aliphatic rings. The van der Waals surface area contributed by atoms with Crippen molar-refractivity contribution in [2.75, 3.05) is 13.1 Å². The SMILES string of the molecule is O=C1CN(C(=O)C(F)(F)F)C1. The van der Waals surface area contributed by atoms with Gasteiger partial charge in [-0.15, -0.1) is 0 Å². The van der Waals surface area contributed by atoms with Crippen molar-refractivity contribution in [3.63, 3.8) is 0 Å². The number of rotatable bonds is 0. The Morgan fingerprint density at radius 3 is 2.09 bits per heavy atom. The highest BCUT2D eigenvalue weighted by atomic mass is 19.4. The molecule has 1 rings (SSSR count). The quantitative estimate of drug-likeness (QED) is 0.507. The highest BCUT2D eigenvalue weighted by Crippen LogP contribution is 2.20. The van der Waals surface area contributed by atoms with E-state index in [2.05, 4.69) is 0 Å². The van der Waals surface area contributed by atoms with Crippen molar-refractivity contribution in [1.82, 2.24) is 4.90 Å². The number of carbonyl (C=O) groups excluding carboxylic acids is 2. The molecule has 1 fully saturated rings. The van der Waals surface area contributed by atoms with Crippen LogP contribution in [0.5, 0.6) is 0 Å². The van der Waals surface area contributed by atoms with E-state index in [4.69, 9.17) is 0 Å². The zero-order chi connectivity index (χ0) is 8.65. The molecule has 1 saturated heterocycles. The smallest absolute Gasteiger partial charge is 0.320 e. The Kier molecular flexibility index (Phi) is 1.62. The molecule has 0 aliphatic carbocycles. The predicted molar refractivity (Wildman–Crippen MR) is 27.6 cm³/mol. The van der Waals surface area contributed by atoms with Gasteiger partial charge in [0.05, 0.1) is 13.1 Å². The summed E-state index contributed by atoms with van der Waals surface area (Å²) in [5.74, 6) is -2.28. The summed E-state index contributed by atoms with van der Waals surface area (Å²) in [4.78, 5) is 20.9. The van der Waals surface area contributed by atoms with Crippen LogP contribution >= 0.6 is 0 Å². The summed E-state index contributed by atoms with van der Waals surface area (Å²) < 4.78 is 34.6. The van der Waals surface area contributed by atoms with Crippen molar-refractivity contribution in [3.8, 4) is 0 Å².